The van der Waals surface area contributed by atoms with Crippen molar-refractivity contribution in [3.8, 4) is 17.2 Å². The molecule has 1 N–H and O–H groups in total. The summed E-state index contributed by atoms with van der Waals surface area (Å²) in [5.74, 6) is 1.07. The SMILES string of the molecule is CCn1cc(NC(=O)Cc2ccc(Oc3ccnc4cc(OC)c(C(=O)N(C)C)cc34)cn2)cn1. The smallest absolute Gasteiger partial charge is 0.257 e. The number of benzene rings is 1. The predicted molar refractivity (Wildman–Crippen MR) is 131 cm³/mol. The maximum atomic E-state index is 12.6. The largest absolute Gasteiger partial charge is 0.496 e. The number of aromatic nitrogens is 4. The van der Waals surface area contributed by atoms with E-state index in [-0.39, 0.29) is 18.2 Å². The van der Waals surface area contributed by atoms with Gasteiger partial charge in [-0.2, -0.15) is 5.10 Å². The van der Waals surface area contributed by atoms with Crippen molar-refractivity contribution in [1.29, 1.82) is 0 Å². The quantitative estimate of drug-likeness (QED) is 0.416. The third kappa shape index (κ3) is 5.37. The first-order valence-corrected chi connectivity index (χ1v) is 11.0. The highest BCUT2D eigenvalue weighted by Crippen LogP contribution is 2.33. The zero-order valence-corrected chi connectivity index (χ0v) is 20.0. The number of ether oxygens (including phenoxy) is 2. The highest BCUT2D eigenvalue weighted by molar-refractivity contribution is 6.02. The number of hydrogen-bond acceptors (Lipinski definition) is 7. The number of fused-ring (bicyclic) bond motifs is 1. The summed E-state index contributed by atoms with van der Waals surface area (Å²) in [6, 6.07) is 8.62. The van der Waals surface area contributed by atoms with Crippen LogP contribution in [0, 0.1) is 0 Å². The number of aryl methyl sites for hydroxylation is 1. The van der Waals surface area contributed by atoms with Crippen molar-refractivity contribution in [3.05, 3.63) is 66.4 Å². The number of rotatable bonds is 8. The number of carbonyl (C=O) groups excluding carboxylic acids is 2. The van der Waals surface area contributed by atoms with Crippen molar-refractivity contribution in [1.82, 2.24) is 24.6 Å². The number of carbonyl (C=O) groups is 2. The summed E-state index contributed by atoms with van der Waals surface area (Å²) in [7, 11) is 4.87. The second kappa shape index (κ2) is 10.2. The van der Waals surface area contributed by atoms with Gasteiger partial charge >= 0.3 is 0 Å². The molecule has 10 heteroatoms. The van der Waals surface area contributed by atoms with Crippen LogP contribution in [-0.4, -0.2) is 57.7 Å². The first-order valence-electron chi connectivity index (χ1n) is 11.0. The molecule has 3 heterocycles. The van der Waals surface area contributed by atoms with E-state index in [2.05, 4.69) is 20.4 Å². The van der Waals surface area contributed by atoms with E-state index in [9.17, 15) is 9.59 Å². The zero-order valence-electron chi connectivity index (χ0n) is 20.0. The van der Waals surface area contributed by atoms with Gasteiger partial charge in [0.1, 0.15) is 17.2 Å². The number of methoxy groups -OCH3 is 1. The molecule has 0 fully saturated rings. The van der Waals surface area contributed by atoms with Crippen molar-refractivity contribution in [2.45, 2.75) is 19.9 Å². The molecule has 0 aliphatic carbocycles. The second-order valence-electron chi connectivity index (χ2n) is 7.98. The Morgan fingerprint density at radius 1 is 1.09 bits per heavy atom. The Bertz CT molecular complexity index is 1360. The Labute approximate surface area is 202 Å². The molecule has 1 aromatic carbocycles. The minimum Gasteiger partial charge on any atom is -0.496 e. The van der Waals surface area contributed by atoms with E-state index < -0.39 is 0 Å². The van der Waals surface area contributed by atoms with Gasteiger partial charge in [-0.1, -0.05) is 0 Å². The molecular formula is C25H26N6O4. The first-order chi connectivity index (χ1) is 16.9. The predicted octanol–water partition coefficient (Wildman–Crippen LogP) is 3.53. The standard InChI is InChI=1S/C25H26N6O4/c1-5-31-15-17(13-28-31)29-24(32)10-16-6-7-18(14-27-16)35-22-8-9-26-21-12-23(34-4)20(11-19(21)22)25(33)30(2)3/h6-9,11-15H,5,10H2,1-4H3,(H,29,32). The van der Waals surface area contributed by atoms with Gasteiger partial charge in [0.05, 0.1) is 42.7 Å². The van der Waals surface area contributed by atoms with Gasteiger partial charge in [-0.05, 0) is 31.2 Å². The molecule has 0 saturated carbocycles. The van der Waals surface area contributed by atoms with Gasteiger partial charge in [0.15, 0.2) is 0 Å². The Morgan fingerprint density at radius 3 is 2.57 bits per heavy atom. The number of hydrogen-bond donors (Lipinski definition) is 1. The lowest BCUT2D eigenvalue weighted by atomic mass is 10.1. The van der Waals surface area contributed by atoms with Crippen molar-refractivity contribution < 1.29 is 19.1 Å². The number of pyridine rings is 2. The highest BCUT2D eigenvalue weighted by atomic mass is 16.5. The molecule has 0 spiro atoms. The van der Waals surface area contributed by atoms with E-state index in [1.54, 1.807) is 73.9 Å². The average molecular weight is 475 g/mol. The Morgan fingerprint density at radius 2 is 1.91 bits per heavy atom. The summed E-state index contributed by atoms with van der Waals surface area (Å²) in [5, 5.41) is 7.61. The molecule has 0 aliphatic heterocycles. The molecule has 4 aromatic rings. The molecule has 0 atom stereocenters. The highest BCUT2D eigenvalue weighted by Gasteiger charge is 2.18. The van der Waals surface area contributed by atoms with E-state index >= 15 is 0 Å². The lowest BCUT2D eigenvalue weighted by molar-refractivity contribution is -0.115. The number of nitrogens with one attached hydrogen (secondary N) is 1. The lowest BCUT2D eigenvalue weighted by Crippen LogP contribution is -2.22. The molecule has 0 saturated heterocycles. The van der Waals surface area contributed by atoms with Gasteiger partial charge in [-0.15, -0.1) is 0 Å². The summed E-state index contributed by atoms with van der Waals surface area (Å²) in [5.41, 5.74) is 2.28. The van der Waals surface area contributed by atoms with Crippen LogP contribution in [0.15, 0.2) is 55.1 Å². The van der Waals surface area contributed by atoms with Gasteiger partial charge in [-0.3, -0.25) is 24.2 Å². The molecule has 180 valence electrons. The maximum absolute atomic E-state index is 12.6. The maximum Gasteiger partial charge on any atom is 0.257 e. The number of amides is 2. The number of anilines is 1. The fourth-order valence-corrected chi connectivity index (χ4v) is 3.49. The van der Waals surface area contributed by atoms with Crippen LogP contribution in [0.5, 0.6) is 17.2 Å². The van der Waals surface area contributed by atoms with Crippen molar-refractivity contribution in [3.63, 3.8) is 0 Å². The lowest BCUT2D eigenvalue weighted by Gasteiger charge is -2.15. The van der Waals surface area contributed by atoms with Gasteiger partial charge in [0.2, 0.25) is 5.91 Å². The zero-order chi connectivity index (χ0) is 24.9. The number of nitrogens with zero attached hydrogens (tertiary/aromatic N) is 5. The van der Waals surface area contributed by atoms with Gasteiger partial charge in [0, 0.05) is 50.2 Å². The summed E-state index contributed by atoms with van der Waals surface area (Å²) >= 11 is 0. The topological polar surface area (TPSA) is 111 Å². The molecule has 4 rings (SSSR count). The van der Waals surface area contributed by atoms with Crippen LogP contribution in [0.2, 0.25) is 0 Å². The van der Waals surface area contributed by atoms with E-state index in [1.165, 1.54) is 12.0 Å². The minimum atomic E-state index is -0.190. The Balaban J connectivity index is 1.51. The summed E-state index contributed by atoms with van der Waals surface area (Å²) in [6.07, 6.45) is 6.68. The van der Waals surface area contributed by atoms with Crippen LogP contribution in [-0.2, 0) is 17.8 Å². The van der Waals surface area contributed by atoms with E-state index in [0.29, 0.717) is 45.1 Å². The van der Waals surface area contributed by atoms with Crippen molar-refractivity contribution in [2.75, 3.05) is 26.5 Å². The molecule has 10 nitrogen and oxygen atoms in total. The molecule has 0 bridgehead atoms. The van der Waals surface area contributed by atoms with Crippen LogP contribution in [0.1, 0.15) is 23.0 Å². The molecule has 3 aromatic heterocycles. The fraction of sp³-hybridized carbons (Fsp3) is 0.240. The summed E-state index contributed by atoms with van der Waals surface area (Å²) < 4.78 is 13.2. The summed E-state index contributed by atoms with van der Waals surface area (Å²) in [6.45, 7) is 2.70. The third-order valence-electron chi connectivity index (χ3n) is 5.27. The monoisotopic (exact) mass is 474 g/mol. The van der Waals surface area contributed by atoms with E-state index in [0.717, 1.165) is 6.54 Å². The van der Waals surface area contributed by atoms with Crippen LogP contribution < -0.4 is 14.8 Å². The summed E-state index contributed by atoms with van der Waals surface area (Å²) in [4.78, 5) is 35.2. The molecule has 0 unspecified atom stereocenters. The second-order valence-corrected chi connectivity index (χ2v) is 7.98. The van der Waals surface area contributed by atoms with Crippen molar-refractivity contribution in [2.24, 2.45) is 0 Å². The third-order valence-corrected chi connectivity index (χ3v) is 5.27. The van der Waals surface area contributed by atoms with Crippen LogP contribution >= 0.6 is 0 Å². The molecule has 0 radical (unpaired) electrons. The normalized spacial score (nSPS) is 10.7. The van der Waals surface area contributed by atoms with Gasteiger partial charge < -0.3 is 19.7 Å². The van der Waals surface area contributed by atoms with Crippen molar-refractivity contribution >= 4 is 28.4 Å². The fourth-order valence-electron chi connectivity index (χ4n) is 3.49. The molecule has 2 amide bonds. The van der Waals surface area contributed by atoms with Gasteiger partial charge in [-0.25, -0.2) is 0 Å². The molecule has 0 aliphatic rings. The van der Waals surface area contributed by atoms with Crippen LogP contribution in [0.25, 0.3) is 10.9 Å². The molecular weight excluding hydrogens is 448 g/mol. The Hall–Kier alpha value is -4.47. The first kappa shape index (κ1) is 23.7. The Kier molecular flexibility index (Phi) is 6.91. The van der Waals surface area contributed by atoms with Crippen LogP contribution in [0.3, 0.4) is 0 Å². The average Bonchev–Trinajstić information content (AvgIpc) is 3.31. The molecule has 35 heavy (non-hydrogen) atoms. The van der Waals surface area contributed by atoms with E-state index in [4.69, 9.17) is 9.47 Å². The van der Waals surface area contributed by atoms with E-state index in [1.807, 2.05) is 6.92 Å². The van der Waals surface area contributed by atoms with Gasteiger partial charge in [0.25, 0.3) is 5.91 Å². The minimum absolute atomic E-state index is 0.117. The van der Waals surface area contributed by atoms with Crippen LogP contribution in [0.4, 0.5) is 5.69 Å².